The van der Waals surface area contributed by atoms with E-state index in [1.807, 2.05) is 39.0 Å². The molecular formula is C22H32N2O5. The highest BCUT2D eigenvalue weighted by Crippen LogP contribution is 2.32. The molecule has 1 saturated carbocycles. The minimum atomic E-state index is -0.0850. The third-order valence-corrected chi connectivity index (χ3v) is 5.34. The van der Waals surface area contributed by atoms with Gasteiger partial charge in [-0.15, -0.1) is 0 Å². The average molecular weight is 405 g/mol. The fourth-order valence-corrected chi connectivity index (χ4v) is 3.89. The maximum Gasteiger partial charge on any atom is 0.263 e. The van der Waals surface area contributed by atoms with Crippen LogP contribution in [0.4, 0.5) is 0 Å². The molecular weight excluding hydrogens is 372 g/mol. The van der Waals surface area contributed by atoms with Crippen LogP contribution in [-0.2, 0) is 14.4 Å². The lowest BCUT2D eigenvalue weighted by molar-refractivity contribution is -0.147. The van der Waals surface area contributed by atoms with Crippen molar-refractivity contribution in [1.82, 2.24) is 4.90 Å². The zero-order valence-corrected chi connectivity index (χ0v) is 17.8. The molecule has 29 heavy (non-hydrogen) atoms. The standard InChI is InChI=1S/C22H32N2O5/c1-15-12-24(13-16(2)28-15)22(25)14-27-23-17(3)18-9-10-20(26-4)21(11-18)29-19-7-5-6-8-19/h9-11,15-16,19H,5-8,12-14H2,1-4H3/b23-17-/t15-,16-/m0/s1. The Morgan fingerprint density at radius 2 is 1.86 bits per heavy atom. The molecule has 0 N–H and O–H groups in total. The number of morpholine rings is 1. The number of methoxy groups -OCH3 is 1. The zero-order valence-electron chi connectivity index (χ0n) is 17.8. The summed E-state index contributed by atoms with van der Waals surface area (Å²) in [4.78, 5) is 19.5. The van der Waals surface area contributed by atoms with Gasteiger partial charge in [0.1, 0.15) is 0 Å². The van der Waals surface area contributed by atoms with Crippen LogP contribution in [0.5, 0.6) is 11.5 Å². The van der Waals surface area contributed by atoms with E-state index in [4.69, 9.17) is 19.0 Å². The predicted molar refractivity (Wildman–Crippen MR) is 111 cm³/mol. The van der Waals surface area contributed by atoms with Crippen LogP contribution in [0.3, 0.4) is 0 Å². The summed E-state index contributed by atoms with van der Waals surface area (Å²) >= 11 is 0. The summed E-state index contributed by atoms with van der Waals surface area (Å²) in [6.45, 7) is 6.86. The van der Waals surface area contributed by atoms with Crippen molar-refractivity contribution in [3.05, 3.63) is 23.8 Å². The molecule has 7 nitrogen and oxygen atoms in total. The number of oxime groups is 1. The molecule has 0 unspecified atom stereocenters. The second kappa shape index (κ2) is 9.96. The van der Waals surface area contributed by atoms with E-state index in [9.17, 15) is 4.79 Å². The van der Waals surface area contributed by atoms with E-state index in [0.29, 0.717) is 24.6 Å². The van der Waals surface area contributed by atoms with Gasteiger partial charge in [0.15, 0.2) is 18.1 Å². The summed E-state index contributed by atoms with van der Waals surface area (Å²) in [5.74, 6) is 1.35. The number of benzene rings is 1. The van der Waals surface area contributed by atoms with Crippen LogP contribution in [0.2, 0.25) is 0 Å². The minimum Gasteiger partial charge on any atom is -0.493 e. The Labute approximate surface area is 172 Å². The van der Waals surface area contributed by atoms with Crippen molar-refractivity contribution in [1.29, 1.82) is 0 Å². The van der Waals surface area contributed by atoms with Crippen LogP contribution < -0.4 is 9.47 Å². The molecule has 3 rings (SSSR count). The van der Waals surface area contributed by atoms with Crippen molar-refractivity contribution in [3.63, 3.8) is 0 Å². The van der Waals surface area contributed by atoms with Gasteiger partial charge in [-0.1, -0.05) is 5.16 Å². The molecule has 1 aliphatic carbocycles. The summed E-state index contributed by atoms with van der Waals surface area (Å²) in [7, 11) is 1.64. The number of ether oxygens (including phenoxy) is 3. The van der Waals surface area contributed by atoms with Crippen LogP contribution >= 0.6 is 0 Å². The van der Waals surface area contributed by atoms with Gasteiger partial charge < -0.3 is 23.9 Å². The van der Waals surface area contributed by atoms with Gasteiger partial charge in [0.25, 0.3) is 5.91 Å². The lowest BCUT2D eigenvalue weighted by Gasteiger charge is -2.35. The normalized spacial score (nSPS) is 23.2. The summed E-state index contributed by atoms with van der Waals surface area (Å²) in [6, 6.07) is 5.71. The lowest BCUT2D eigenvalue weighted by Crippen LogP contribution is -2.49. The SMILES string of the molecule is COc1ccc(/C(C)=N\OCC(=O)N2C[C@H](C)O[C@@H](C)C2)cc1OC1CCCC1. The molecule has 160 valence electrons. The van der Waals surface area contributed by atoms with Crippen LogP contribution in [-0.4, -0.2) is 61.6 Å². The number of amides is 1. The van der Waals surface area contributed by atoms with Crippen molar-refractivity contribution < 1.29 is 23.8 Å². The molecule has 1 saturated heterocycles. The third kappa shape index (κ3) is 5.85. The highest BCUT2D eigenvalue weighted by atomic mass is 16.6. The molecule has 1 amide bonds. The molecule has 0 bridgehead atoms. The van der Waals surface area contributed by atoms with E-state index >= 15 is 0 Å². The molecule has 2 atom stereocenters. The van der Waals surface area contributed by atoms with Gasteiger partial charge in [0.2, 0.25) is 0 Å². The van der Waals surface area contributed by atoms with E-state index in [0.717, 1.165) is 24.2 Å². The Morgan fingerprint density at radius 3 is 2.52 bits per heavy atom. The monoisotopic (exact) mass is 404 g/mol. The van der Waals surface area contributed by atoms with Crippen molar-refractivity contribution in [2.45, 2.75) is 64.8 Å². The van der Waals surface area contributed by atoms with E-state index in [1.54, 1.807) is 12.0 Å². The molecule has 0 radical (unpaired) electrons. The number of hydrogen-bond donors (Lipinski definition) is 0. The van der Waals surface area contributed by atoms with Crippen LogP contribution in [0.15, 0.2) is 23.4 Å². The van der Waals surface area contributed by atoms with E-state index in [2.05, 4.69) is 5.16 Å². The lowest BCUT2D eigenvalue weighted by atomic mass is 10.1. The van der Waals surface area contributed by atoms with Crippen LogP contribution in [0, 0.1) is 0 Å². The van der Waals surface area contributed by atoms with Gasteiger partial charge in [-0.2, -0.15) is 0 Å². The topological polar surface area (TPSA) is 69.6 Å². The highest BCUT2D eigenvalue weighted by Gasteiger charge is 2.26. The maximum absolute atomic E-state index is 12.4. The summed E-state index contributed by atoms with van der Waals surface area (Å²) in [6.07, 6.45) is 4.86. The number of carbonyl (C=O) groups excluding carboxylic acids is 1. The molecule has 2 fully saturated rings. The molecule has 7 heteroatoms. The molecule has 1 aromatic rings. The molecule has 0 aromatic heterocycles. The van der Waals surface area contributed by atoms with Gasteiger partial charge in [-0.3, -0.25) is 4.79 Å². The van der Waals surface area contributed by atoms with E-state index < -0.39 is 0 Å². The molecule has 1 heterocycles. The number of hydrogen-bond acceptors (Lipinski definition) is 6. The van der Waals surface area contributed by atoms with Gasteiger partial charge in [0, 0.05) is 18.7 Å². The highest BCUT2D eigenvalue weighted by molar-refractivity contribution is 5.99. The molecule has 1 aromatic carbocycles. The Kier molecular flexibility index (Phi) is 7.36. The maximum atomic E-state index is 12.4. The number of carbonyl (C=O) groups is 1. The van der Waals surface area contributed by atoms with Gasteiger partial charge in [-0.25, -0.2) is 0 Å². The van der Waals surface area contributed by atoms with Crippen molar-refractivity contribution >= 4 is 11.6 Å². The first-order valence-electron chi connectivity index (χ1n) is 10.4. The minimum absolute atomic E-state index is 0.0329. The first-order valence-corrected chi connectivity index (χ1v) is 10.4. The fraction of sp³-hybridized carbons (Fsp3) is 0.636. The molecule has 1 aliphatic heterocycles. The van der Waals surface area contributed by atoms with Crippen LogP contribution in [0.25, 0.3) is 0 Å². The zero-order chi connectivity index (χ0) is 20.8. The van der Waals surface area contributed by atoms with Gasteiger partial charge in [0.05, 0.1) is 31.1 Å². The van der Waals surface area contributed by atoms with E-state index in [1.165, 1.54) is 12.8 Å². The second-order valence-corrected chi connectivity index (χ2v) is 7.90. The van der Waals surface area contributed by atoms with Crippen molar-refractivity contribution in [3.8, 4) is 11.5 Å². The number of nitrogens with zero attached hydrogens (tertiary/aromatic N) is 2. The smallest absolute Gasteiger partial charge is 0.263 e. The second-order valence-electron chi connectivity index (χ2n) is 7.90. The van der Waals surface area contributed by atoms with Crippen molar-refractivity contribution in [2.75, 3.05) is 26.8 Å². The number of rotatable bonds is 7. The Bertz CT molecular complexity index is 720. The van der Waals surface area contributed by atoms with Crippen LogP contribution in [0.1, 0.15) is 52.0 Å². The predicted octanol–water partition coefficient (Wildman–Crippen LogP) is 3.39. The Hall–Kier alpha value is -2.28. The average Bonchev–Trinajstić information content (AvgIpc) is 3.20. The summed E-state index contributed by atoms with van der Waals surface area (Å²) < 4.78 is 17.2. The first kappa shape index (κ1) is 21.4. The van der Waals surface area contributed by atoms with Crippen molar-refractivity contribution in [2.24, 2.45) is 5.16 Å². The summed E-state index contributed by atoms with van der Waals surface area (Å²) in [5, 5.41) is 4.14. The fourth-order valence-electron chi connectivity index (χ4n) is 3.89. The first-order chi connectivity index (χ1) is 14.0. The summed E-state index contributed by atoms with van der Waals surface area (Å²) in [5.41, 5.74) is 1.56. The quantitative estimate of drug-likeness (QED) is 0.515. The Morgan fingerprint density at radius 1 is 1.17 bits per heavy atom. The van der Waals surface area contributed by atoms with Gasteiger partial charge in [-0.05, 0) is 64.7 Å². The molecule has 0 spiro atoms. The van der Waals surface area contributed by atoms with E-state index in [-0.39, 0.29) is 30.8 Å². The molecule has 2 aliphatic rings. The van der Waals surface area contributed by atoms with Gasteiger partial charge >= 0.3 is 0 Å². The third-order valence-electron chi connectivity index (χ3n) is 5.34. The largest absolute Gasteiger partial charge is 0.493 e. The Balaban J connectivity index is 1.59.